The lowest BCUT2D eigenvalue weighted by Crippen LogP contribution is -2.42. The zero-order valence-electron chi connectivity index (χ0n) is 20.3. The topological polar surface area (TPSA) is 118 Å². The highest BCUT2D eigenvalue weighted by Gasteiger charge is 2.25. The number of hydrogen-bond donors (Lipinski definition) is 1. The van der Waals surface area contributed by atoms with E-state index in [2.05, 4.69) is 30.6 Å². The van der Waals surface area contributed by atoms with Crippen molar-refractivity contribution in [1.82, 2.24) is 35.1 Å². The molecule has 3 aromatic rings. The normalized spacial score (nSPS) is 15.5. The second-order valence-electron chi connectivity index (χ2n) is 9.19. The molecule has 183 valence electrons. The van der Waals surface area contributed by atoms with Crippen molar-refractivity contribution in [2.75, 3.05) is 39.0 Å². The summed E-state index contributed by atoms with van der Waals surface area (Å²) in [5, 5.41) is 7.17. The van der Waals surface area contributed by atoms with Gasteiger partial charge in [0.2, 0.25) is 5.91 Å². The molecule has 1 saturated heterocycles. The third kappa shape index (κ3) is 5.08. The van der Waals surface area contributed by atoms with E-state index in [1.54, 1.807) is 24.7 Å². The average Bonchev–Trinajstić information content (AvgIpc) is 2.89. The van der Waals surface area contributed by atoms with Crippen LogP contribution in [-0.2, 0) is 4.79 Å². The number of fused-ring (bicyclic) bond motifs is 1. The first-order valence-corrected chi connectivity index (χ1v) is 11.9. The van der Waals surface area contributed by atoms with Gasteiger partial charge >= 0.3 is 0 Å². The largest absolute Gasteiger partial charge is 0.342 e. The summed E-state index contributed by atoms with van der Waals surface area (Å²) in [7, 11) is 3.81. The molecule has 0 aliphatic carbocycles. The highest BCUT2D eigenvalue weighted by molar-refractivity contribution is 6.05. The Balaban J connectivity index is 1.33. The molecule has 5 rings (SSSR count). The smallest absolute Gasteiger partial charge is 0.281 e. The molecule has 0 unspecified atom stereocenters. The third-order valence-electron chi connectivity index (χ3n) is 6.33. The van der Waals surface area contributed by atoms with Crippen LogP contribution in [-0.4, -0.2) is 75.3 Å². The predicted molar refractivity (Wildman–Crippen MR) is 135 cm³/mol. The van der Waals surface area contributed by atoms with E-state index in [1.807, 2.05) is 42.1 Å². The van der Waals surface area contributed by atoms with Crippen LogP contribution in [0.1, 0.15) is 40.4 Å². The number of piperidine rings is 1. The van der Waals surface area contributed by atoms with E-state index in [0.717, 1.165) is 48.4 Å². The molecule has 2 aliphatic rings. The summed E-state index contributed by atoms with van der Waals surface area (Å²) in [5.74, 6) is 0.535. The van der Waals surface area contributed by atoms with Crippen molar-refractivity contribution in [2.24, 2.45) is 0 Å². The molecule has 5 heterocycles. The summed E-state index contributed by atoms with van der Waals surface area (Å²) >= 11 is 0. The molecular weight excluding hydrogens is 456 g/mol. The number of amides is 2. The second kappa shape index (κ2) is 10.2. The van der Waals surface area contributed by atoms with Crippen LogP contribution >= 0.6 is 0 Å². The molecule has 36 heavy (non-hydrogen) atoms. The molecule has 1 fully saturated rings. The van der Waals surface area contributed by atoms with Gasteiger partial charge in [-0.2, -0.15) is 0 Å². The van der Waals surface area contributed by atoms with E-state index in [0.29, 0.717) is 29.5 Å². The maximum Gasteiger partial charge on any atom is 0.281 e. The van der Waals surface area contributed by atoms with Gasteiger partial charge < -0.3 is 15.1 Å². The van der Waals surface area contributed by atoms with Crippen LogP contribution in [0.5, 0.6) is 0 Å². The monoisotopic (exact) mass is 483 g/mol. The number of anilines is 2. The molecule has 0 bridgehead atoms. The van der Waals surface area contributed by atoms with Crippen LogP contribution < -0.4 is 10.6 Å². The molecule has 0 atom stereocenters. The standard InChI is InChI=1S/C26H27N8O2/c1-33(2)15-23(35)34-9-6-17(7-10-34)21-4-3-20(14-30-21)31-25-24-18(5-8-29-26(24)36)11-22(32-25)19-12-27-16-28-13-19/h3-5,8,11-14,16-17H,6-7,9-10,15H2,1-2H3,(H,31,32). The Morgan fingerprint density at radius 1 is 1.14 bits per heavy atom. The number of carbonyl (C=O) groups excluding carboxylic acids is 2. The maximum absolute atomic E-state index is 12.6. The summed E-state index contributed by atoms with van der Waals surface area (Å²) in [6.07, 6.45) is 11.6. The van der Waals surface area contributed by atoms with Gasteiger partial charge in [-0.15, -0.1) is 0 Å². The molecule has 0 aromatic carbocycles. The summed E-state index contributed by atoms with van der Waals surface area (Å²) in [5.41, 5.74) is 4.26. The minimum atomic E-state index is -0.349. The second-order valence-corrected chi connectivity index (χ2v) is 9.19. The number of carbonyl (C=O) groups is 2. The molecule has 10 heteroatoms. The van der Waals surface area contributed by atoms with E-state index in [1.165, 1.54) is 12.5 Å². The van der Waals surface area contributed by atoms with E-state index in [9.17, 15) is 9.59 Å². The van der Waals surface area contributed by atoms with Crippen molar-refractivity contribution in [3.05, 3.63) is 66.1 Å². The molecule has 0 saturated carbocycles. The van der Waals surface area contributed by atoms with Crippen LogP contribution in [0.4, 0.5) is 11.5 Å². The van der Waals surface area contributed by atoms with Crippen molar-refractivity contribution in [3.63, 3.8) is 0 Å². The molecule has 3 aromatic heterocycles. The van der Waals surface area contributed by atoms with Crippen LogP contribution in [0.3, 0.4) is 0 Å². The van der Waals surface area contributed by atoms with Gasteiger partial charge in [-0.05, 0) is 56.8 Å². The fraction of sp³-hybridized carbons (Fsp3) is 0.308. The number of aromatic nitrogens is 4. The van der Waals surface area contributed by atoms with Crippen LogP contribution in [0.2, 0.25) is 0 Å². The molecule has 0 spiro atoms. The highest BCUT2D eigenvalue weighted by atomic mass is 16.2. The SMILES string of the molecule is CN(C)CC(=O)N1CCC(c2ccc(Nc3nc(-c4cncnc4)cc4c3C(=O)[N]C=C4)cn2)CC1. The van der Waals surface area contributed by atoms with Crippen molar-refractivity contribution in [1.29, 1.82) is 0 Å². The minimum absolute atomic E-state index is 0.169. The number of likely N-dealkylation sites (tertiary alicyclic amines) is 1. The van der Waals surface area contributed by atoms with Crippen molar-refractivity contribution in [2.45, 2.75) is 18.8 Å². The molecule has 1 N–H and O–H groups in total. The number of rotatable bonds is 6. The van der Waals surface area contributed by atoms with Crippen molar-refractivity contribution < 1.29 is 9.59 Å². The van der Waals surface area contributed by atoms with Gasteiger partial charge in [0, 0.05) is 48.9 Å². The Bertz CT molecular complexity index is 1280. The Kier molecular flexibility index (Phi) is 6.68. The third-order valence-corrected chi connectivity index (χ3v) is 6.33. The van der Waals surface area contributed by atoms with E-state index in [-0.39, 0.29) is 11.8 Å². The zero-order chi connectivity index (χ0) is 25.1. The van der Waals surface area contributed by atoms with Crippen molar-refractivity contribution >= 4 is 29.4 Å². The summed E-state index contributed by atoms with van der Waals surface area (Å²) in [6.45, 7) is 1.92. The molecular formula is C26H27N8O2. The quantitative estimate of drug-likeness (QED) is 0.569. The van der Waals surface area contributed by atoms with Gasteiger partial charge in [0.05, 0.1) is 29.7 Å². The van der Waals surface area contributed by atoms with E-state index >= 15 is 0 Å². The van der Waals surface area contributed by atoms with Gasteiger partial charge in [0.15, 0.2) is 0 Å². The fourth-order valence-electron chi connectivity index (χ4n) is 4.49. The minimum Gasteiger partial charge on any atom is -0.342 e. The predicted octanol–water partition coefficient (Wildman–Crippen LogP) is 2.67. The Hall–Kier alpha value is -4.18. The number of likely N-dealkylation sites (N-methyl/N-ethyl adjacent to an activating group) is 1. The van der Waals surface area contributed by atoms with E-state index < -0.39 is 0 Å². The number of nitrogens with one attached hydrogen (secondary N) is 1. The Morgan fingerprint density at radius 3 is 2.61 bits per heavy atom. The fourth-order valence-corrected chi connectivity index (χ4v) is 4.49. The number of hydrogen-bond acceptors (Lipinski definition) is 8. The maximum atomic E-state index is 12.6. The first-order valence-electron chi connectivity index (χ1n) is 11.9. The first kappa shape index (κ1) is 23.6. The van der Waals surface area contributed by atoms with E-state index in [4.69, 9.17) is 0 Å². The lowest BCUT2D eigenvalue weighted by molar-refractivity contribution is -0.132. The molecule has 2 aliphatic heterocycles. The Labute approximate surface area is 209 Å². The Morgan fingerprint density at radius 2 is 1.92 bits per heavy atom. The van der Waals surface area contributed by atoms with Gasteiger partial charge in [-0.3, -0.25) is 14.6 Å². The number of nitrogens with zero attached hydrogens (tertiary/aromatic N) is 7. The molecule has 2 amide bonds. The molecule has 1 radical (unpaired) electrons. The average molecular weight is 484 g/mol. The van der Waals surface area contributed by atoms with Gasteiger partial charge in [0.1, 0.15) is 12.1 Å². The first-order chi connectivity index (χ1) is 17.5. The van der Waals surface area contributed by atoms with Gasteiger partial charge in [-0.25, -0.2) is 20.3 Å². The van der Waals surface area contributed by atoms with Crippen LogP contribution in [0.15, 0.2) is 49.3 Å². The summed E-state index contributed by atoms with van der Waals surface area (Å²) < 4.78 is 0. The number of pyridine rings is 2. The van der Waals surface area contributed by atoms with Crippen LogP contribution in [0.25, 0.3) is 17.3 Å². The molecule has 10 nitrogen and oxygen atoms in total. The summed E-state index contributed by atoms with van der Waals surface area (Å²) in [4.78, 5) is 46.2. The van der Waals surface area contributed by atoms with Gasteiger partial charge in [-0.1, -0.05) is 0 Å². The van der Waals surface area contributed by atoms with Gasteiger partial charge in [0.25, 0.3) is 5.91 Å². The van der Waals surface area contributed by atoms with Crippen molar-refractivity contribution in [3.8, 4) is 11.3 Å². The highest BCUT2D eigenvalue weighted by Crippen LogP contribution is 2.31. The summed E-state index contributed by atoms with van der Waals surface area (Å²) in [6, 6.07) is 5.77. The lowest BCUT2D eigenvalue weighted by Gasteiger charge is -2.32. The van der Waals surface area contributed by atoms with Crippen LogP contribution in [0, 0.1) is 0 Å². The lowest BCUT2D eigenvalue weighted by atomic mass is 9.93. The zero-order valence-corrected chi connectivity index (χ0v) is 20.3.